The summed E-state index contributed by atoms with van der Waals surface area (Å²) in [6.07, 6.45) is -5.16. The Hall–Kier alpha value is -1.10. The van der Waals surface area contributed by atoms with E-state index in [4.69, 9.17) is 0 Å². The summed E-state index contributed by atoms with van der Waals surface area (Å²) in [5.41, 5.74) is 0.900. The van der Waals surface area contributed by atoms with Crippen molar-refractivity contribution in [2.45, 2.75) is 44.1 Å². The van der Waals surface area contributed by atoms with Crippen molar-refractivity contribution in [2.75, 3.05) is 6.67 Å². The van der Waals surface area contributed by atoms with Crippen LogP contribution in [0.3, 0.4) is 0 Å². The van der Waals surface area contributed by atoms with Crippen LogP contribution >= 0.6 is 0 Å². The van der Waals surface area contributed by atoms with E-state index < -0.39 is 39.7 Å². The van der Waals surface area contributed by atoms with E-state index in [1.165, 1.54) is 0 Å². The van der Waals surface area contributed by atoms with Gasteiger partial charge in [-0.05, 0) is 11.6 Å². The molecule has 0 amide bonds. The molecule has 0 saturated carbocycles. The van der Waals surface area contributed by atoms with Gasteiger partial charge >= 0.3 is 0 Å². The van der Waals surface area contributed by atoms with Gasteiger partial charge in [-0.2, -0.15) is 0 Å². The fourth-order valence-corrected chi connectivity index (χ4v) is 5.43. The molecular weight excluding hydrogens is 296 g/mol. The molecular formula is C16H22F4Si. The second-order valence-electron chi connectivity index (χ2n) is 5.83. The van der Waals surface area contributed by atoms with Crippen LogP contribution in [-0.4, -0.2) is 33.3 Å². The molecule has 3 unspecified atom stereocenters. The van der Waals surface area contributed by atoms with Gasteiger partial charge in [0.2, 0.25) is 0 Å². The molecule has 0 heterocycles. The third kappa shape index (κ3) is 4.70. The van der Waals surface area contributed by atoms with Crippen LogP contribution in [-0.2, 0) is 0 Å². The van der Waals surface area contributed by atoms with Gasteiger partial charge in [-0.15, -0.1) is 0 Å². The minimum Gasteiger partial charge on any atom is -0.251 e. The second kappa shape index (κ2) is 7.78. The fraction of sp³-hybridized carbons (Fsp3) is 0.500. The van der Waals surface area contributed by atoms with E-state index in [0.29, 0.717) is 0 Å². The van der Waals surface area contributed by atoms with E-state index in [2.05, 4.69) is 6.58 Å². The summed E-state index contributed by atoms with van der Waals surface area (Å²) >= 11 is 0. The highest BCUT2D eigenvalue weighted by Gasteiger charge is 2.36. The Kier molecular flexibility index (Phi) is 6.65. The van der Waals surface area contributed by atoms with E-state index in [-0.39, 0.29) is 6.04 Å². The van der Waals surface area contributed by atoms with Crippen molar-refractivity contribution in [1.29, 1.82) is 0 Å². The van der Waals surface area contributed by atoms with E-state index in [1.54, 1.807) is 6.08 Å². The Morgan fingerprint density at radius 2 is 1.76 bits per heavy atom. The van der Waals surface area contributed by atoms with Gasteiger partial charge < -0.3 is 0 Å². The lowest BCUT2D eigenvalue weighted by molar-refractivity contribution is 0.0816. The molecule has 0 aliphatic carbocycles. The van der Waals surface area contributed by atoms with E-state index >= 15 is 0 Å². The van der Waals surface area contributed by atoms with Crippen LogP contribution < -0.4 is 5.19 Å². The molecule has 0 saturated heterocycles. The molecule has 1 rings (SSSR count). The third-order valence-corrected chi connectivity index (χ3v) is 7.02. The van der Waals surface area contributed by atoms with Gasteiger partial charge in [0.25, 0.3) is 0 Å². The molecule has 0 aliphatic rings. The lowest BCUT2D eigenvalue weighted by Crippen LogP contribution is -2.47. The predicted molar refractivity (Wildman–Crippen MR) is 83.7 cm³/mol. The molecule has 21 heavy (non-hydrogen) atoms. The monoisotopic (exact) mass is 318 g/mol. The maximum atomic E-state index is 14.1. The zero-order chi connectivity index (χ0) is 16.0. The zero-order valence-electron chi connectivity index (χ0n) is 12.5. The number of alkyl halides is 4. The van der Waals surface area contributed by atoms with Crippen LogP contribution in [0.5, 0.6) is 0 Å². The first-order chi connectivity index (χ1) is 9.83. The van der Waals surface area contributed by atoms with Crippen molar-refractivity contribution in [3.8, 4) is 0 Å². The van der Waals surface area contributed by atoms with Crippen LogP contribution in [0.2, 0.25) is 19.1 Å². The molecule has 0 aliphatic heterocycles. The smallest absolute Gasteiger partial charge is 0.162 e. The molecule has 0 aromatic heterocycles. The number of benzene rings is 1. The average molecular weight is 318 g/mol. The average Bonchev–Trinajstić information content (AvgIpc) is 2.46. The normalized spacial score (nSPS) is 16.3. The molecule has 0 N–H and O–H groups in total. The number of rotatable bonds is 8. The molecule has 0 nitrogen and oxygen atoms in total. The van der Waals surface area contributed by atoms with Crippen molar-refractivity contribution >= 4 is 19.3 Å². The second-order valence-corrected chi connectivity index (χ2v) is 10.5. The Morgan fingerprint density at radius 3 is 2.33 bits per heavy atom. The first-order valence-corrected chi connectivity index (χ1v) is 10.2. The Bertz CT molecular complexity index is 461. The van der Waals surface area contributed by atoms with Crippen LogP contribution in [0.25, 0.3) is 6.08 Å². The number of halogens is 4. The maximum Gasteiger partial charge on any atom is 0.162 e. The largest absolute Gasteiger partial charge is 0.251 e. The summed E-state index contributed by atoms with van der Waals surface area (Å²) in [5.74, 6) is 0. The van der Waals surface area contributed by atoms with Crippen molar-refractivity contribution < 1.29 is 17.6 Å². The van der Waals surface area contributed by atoms with Crippen LogP contribution in [0.4, 0.5) is 17.6 Å². The molecule has 5 heteroatoms. The maximum absolute atomic E-state index is 14.1. The number of hydrogen-bond donors (Lipinski definition) is 0. The highest BCUT2D eigenvalue weighted by molar-refractivity contribution is 6.90. The van der Waals surface area contributed by atoms with Crippen molar-refractivity contribution in [3.63, 3.8) is 0 Å². The zero-order valence-corrected chi connectivity index (χ0v) is 13.5. The fourth-order valence-electron chi connectivity index (χ4n) is 2.49. The van der Waals surface area contributed by atoms with E-state index in [9.17, 15) is 17.6 Å². The first kappa shape index (κ1) is 17.9. The van der Waals surface area contributed by atoms with Crippen molar-refractivity contribution in [3.05, 3.63) is 36.4 Å². The SMILES string of the molecule is C=Cc1ccccc1[Si](C)(C)CC(F)C(F)C(F)CCF. The summed E-state index contributed by atoms with van der Waals surface area (Å²) in [6, 6.07) is 7.43. The number of hydrogen-bond acceptors (Lipinski definition) is 0. The molecule has 0 bridgehead atoms. The van der Waals surface area contributed by atoms with Gasteiger partial charge in [0, 0.05) is 6.42 Å². The summed E-state index contributed by atoms with van der Waals surface area (Å²) in [4.78, 5) is 0. The Labute approximate surface area is 124 Å². The van der Waals surface area contributed by atoms with Gasteiger partial charge in [-0.25, -0.2) is 13.2 Å². The molecule has 1 aromatic carbocycles. The van der Waals surface area contributed by atoms with Crippen molar-refractivity contribution in [1.82, 2.24) is 0 Å². The van der Waals surface area contributed by atoms with Crippen molar-refractivity contribution in [2.24, 2.45) is 0 Å². The Balaban J connectivity index is 2.86. The highest BCUT2D eigenvalue weighted by Crippen LogP contribution is 2.24. The standard InChI is InChI=1S/C16H22F4Si/c1-4-12-7-5-6-8-15(12)21(2,3)11-14(19)16(20)13(18)9-10-17/h4-8,13-14,16H,1,9-11H2,2-3H3. The molecule has 3 atom stereocenters. The first-order valence-electron chi connectivity index (χ1n) is 7.03. The van der Waals surface area contributed by atoms with E-state index in [0.717, 1.165) is 10.8 Å². The molecule has 0 fully saturated rings. The molecule has 118 valence electrons. The van der Waals surface area contributed by atoms with Gasteiger partial charge in [-0.1, -0.05) is 55.2 Å². The Morgan fingerprint density at radius 1 is 1.14 bits per heavy atom. The highest BCUT2D eigenvalue weighted by atomic mass is 28.3. The topological polar surface area (TPSA) is 0 Å². The van der Waals surface area contributed by atoms with Crippen LogP contribution in [0.1, 0.15) is 12.0 Å². The molecule has 0 spiro atoms. The molecule has 1 aromatic rings. The van der Waals surface area contributed by atoms with Crippen LogP contribution in [0, 0.1) is 0 Å². The van der Waals surface area contributed by atoms with Gasteiger partial charge in [0.05, 0.1) is 14.7 Å². The predicted octanol–water partition coefficient (Wildman–Crippen LogP) is 4.62. The lowest BCUT2D eigenvalue weighted by Gasteiger charge is -2.28. The molecule has 0 radical (unpaired) electrons. The third-order valence-electron chi connectivity index (χ3n) is 3.69. The summed E-state index contributed by atoms with van der Waals surface area (Å²) in [6.45, 7) is 6.57. The summed E-state index contributed by atoms with van der Waals surface area (Å²) < 4.78 is 53.1. The summed E-state index contributed by atoms with van der Waals surface area (Å²) in [5, 5.41) is 0.968. The van der Waals surface area contributed by atoms with Gasteiger partial charge in [0.1, 0.15) is 12.3 Å². The van der Waals surface area contributed by atoms with Gasteiger partial charge in [-0.3, -0.25) is 4.39 Å². The quantitative estimate of drug-likeness (QED) is 0.485. The van der Waals surface area contributed by atoms with E-state index in [1.807, 2.05) is 37.4 Å². The van der Waals surface area contributed by atoms with Crippen LogP contribution in [0.15, 0.2) is 30.8 Å². The lowest BCUT2D eigenvalue weighted by atomic mass is 10.1. The minimum atomic E-state index is -2.29. The van der Waals surface area contributed by atoms with Gasteiger partial charge in [0.15, 0.2) is 6.17 Å². The summed E-state index contributed by atoms with van der Waals surface area (Å²) in [7, 11) is -2.29. The minimum absolute atomic E-state index is 0.0360.